The fourth-order valence-electron chi connectivity index (χ4n) is 2.53. The maximum atomic E-state index is 12.2. The van der Waals surface area contributed by atoms with Crippen LogP contribution in [-0.2, 0) is 4.79 Å². The molecule has 1 atom stereocenters. The van der Waals surface area contributed by atoms with Crippen molar-refractivity contribution in [2.75, 3.05) is 19.0 Å². The lowest BCUT2D eigenvalue weighted by Crippen LogP contribution is -2.28. The van der Waals surface area contributed by atoms with Gasteiger partial charge in [0.05, 0.1) is 35.1 Å². The summed E-state index contributed by atoms with van der Waals surface area (Å²) in [5.41, 5.74) is 0.910. The summed E-state index contributed by atoms with van der Waals surface area (Å²) in [6.45, 7) is 3.22. The van der Waals surface area contributed by atoms with Crippen LogP contribution in [0.4, 0.5) is 0 Å². The van der Waals surface area contributed by atoms with Gasteiger partial charge in [-0.1, -0.05) is 29.3 Å². The molecule has 2 aromatic carbocycles. The van der Waals surface area contributed by atoms with E-state index in [-0.39, 0.29) is 11.9 Å². The van der Waals surface area contributed by atoms with Gasteiger partial charge in [-0.05, 0) is 42.8 Å². The van der Waals surface area contributed by atoms with Crippen LogP contribution in [0.5, 0.6) is 11.5 Å². The zero-order valence-electron chi connectivity index (χ0n) is 14.3. The highest BCUT2D eigenvalue weighted by Gasteiger charge is 2.14. The largest absolute Gasteiger partial charge is 0.490 e. The van der Waals surface area contributed by atoms with Crippen molar-refractivity contribution in [1.82, 2.24) is 5.32 Å². The first kappa shape index (κ1) is 19.2. The quantitative estimate of drug-likeness (QED) is 0.693. The van der Waals surface area contributed by atoms with Crippen molar-refractivity contribution in [2.24, 2.45) is 0 Å². The van der Waals surface area contributed by atoms with Crippen LogP contribution in [0.2, 0.25) is 10.0 Å². The highest BCUT2D eigenvalue weighted by molar-refractivity contribution is 8.00. The maximum absolute atomic E-state index is 12.2. The minimum absolute atomic E-state index is 0.0549. The number of halogens is 2. The van der Waals surface area contributed by atoms with Gasteiger partial charge in [-0.15, -0.1) is 11.8 Å². The van der Waals surface area contributed by atoms with Crippen LogP contribution in [0.1, 0.15) is 24.9 Å². The molecular formula is C19H19Cl2NO3S. The minimum Gasteiger partial charge on any atom is -0.490 e. The van der Waals surface area contributed by atoms with E-state index >= 15 is 0 Å². The van der Waals surface area contributed by atoms with Crippen LogP contribution in [0.25, 0.3) is 0 Å². The molecule has 0 spiro atoms. The van der Waals surface area contributed by atoms with Crippen LogP contribution < -0.4 is 14.8 Å². The Morgan fingerprint density at radius 2 is 1.88 bits per heavy atom. The fraction of sp³-hybridized carbons (Fsp3) is 0.316. The molecule has 0 radical (unpaired) electrons. The third kappa shape index (κ3) is 5.00. The van der Waals surface area contributed by atoms with Crippen molar-refractivity contribution in [3.8, 4) is 11.5 Å². The van der Waals surface area contributed by atoms with Gasteiger partial charge in [-0.3, -0.25) is 4.79 Å². The molecule has 0 aliphatic carbocycles. The molecule has 1 N–H and O–H groups in total. The van der Waals surface area contributed by atoms with Gasteiger partial charge >= 0.3 is 0 Å². The fourth-order valence-corrected chi connectivity index (χ4v) is 3.57. The average Bonchev–Trinajstić information content (AvgIpc) is 2.87. The monoisotopic (exact) mass is 411 g/mol. The van der Waals surface area contributed by atoms with E-state index in [4.69, 9.17) is 32.7 Å². The van der Waals surface area contributed by atoms with Crippen molar-refractivity contribution in [1.29, 1.82) is 0 Å². The number of ether oxygens (including phenoxy) is 2. The average molecular weight is 412 g/mol. The molecular weight excluding hydrogens is 393 g/mol. The number of rotatable bonds is 5. The lowest BCUT2D eigenvalue weighted by molar-refractivity contribution is -0.119. The number of amides is 1. The predicted octanol–water partition coefficient (Wildman–Crippen LogP) is 5.12. The molecule has 1 unspecified atom stereocenters. The van der Waals surface area contributed by atoms with E-state index in [1.807, 2.05) is 31.2 Å². The van der Waals surface area contributed by atoms with E-state index in [1.165, 1.54) is 11.8 Å². The first-order valence-electron chi connectivity index (χ1n) is 8.29. The summed E-state index contributed by atoms with van der Waals surface area (Å²) in [4.78, 5) is 13.2. The zero-order chi connectivity index (χ0) is 18.5. The Kier molecular flexibility index (Phi) is 6.57. The molecule has 1 aliphatic rings. The van der Waals surface area contributed by atoms with Gasteiger partial charge in [-0.25, -0.2) is 0 Å². The van der Waals surface area contributed by atoms with E-state index in [0.717, 1.165) is 28.4 Å². The molecule has 0 saturated carbocycles. The van der Waals surface area contributed by atoms with Crippen molar-refractivity contribution in [2.45, 2.75) is 24.3 Å². The van der Waals surface area contributed by atoms with Crippen LogP contribution in [0.3, 0.4) is 0 Å². The summed E-state index contributed by atoms with van der Waals surface area (Å²) < 4.78 is 11.3. The first-order valence-corrected chi connectivity index (χ1v) is 10.0. The number of thioether (sulfide) groups is 1. The van der Waals surface area contributed by atoms with Gasteiger partial charge in [0.15, 0.2) is 11.5 Å². The number of benzene rings is 2. The third-order valence-corrected chi connectivity index (χ3v) is 5.64. The van der Waals surface area contributed by atoms with Gasteiger partial charge < -0.3 is 14.8 Å². The topological polar surface area (TPSA) is 47.6 Å². The molecule has 26 heavy (non-hydrogen) atoms. The number of hydrogen-bond donors (Lipinski definition) is 1. The number of carbonyl (C=O) groups is 1. The molecule has 1 aliphatic heterocycles. The minimum atomic E-state index is -0.151. The summed E-state index contributed by atoms with van der Waals surface area (Å²) >= 11 is 13.4. The Bertz CT molecular complexity index is 800. The Balaban J connectivity index is 1.55. The second kappa shape index (κ2) is 8.89. The number of fused-ring (bicyclic) bond motifs is 1. The second-order valence-corrected chi connectivity index (χ2v) is 7.77. The molecule has 1 heterocycles. The van der Waals surface area contributed by atoms with Crippen molar-refractivity contribution in [3.05, 3.63) is 52.0 Å². The van der Waals surface area contributed by atoms with Crippen LogP contribution in [0.15, 0.2) is 41.3 Å². The predicted molar refractivity (Wildman–Crippen MR) is 106 cm³/mol. The second-order valence-electron chi connectivity index (χ2n) is 5.91. The molecule has 0 bridgehead atoms. The maximum Gasteiger partial charge on any atom is 0.230 e. The van der Waals surface area contributed by atoms with Crippen LogP contribution in [-0.4, -0.2) is 24.9 Å². The van der Waals surface area contributed by atoms with Gasteiger partial charge in [0.25, 0.3) is 0 Å². The molecule has 1 amide bonds. The summed E-state index contributed by atoms with van der Waals surface area (Å²) in [6.07, 6.45) is 0.867. The Morgan fingerprint density at radius 1 is 1.12 bits per heavy atom. The lowest BCUT2D eigenvalue weighted by Gasteiger charge is -2.15. The van der Waals surface area contributed by atoms with Gasteiger partial charge in [0.1, 0.15) is 0 Å². The lowest BCUT2D eigenvalue weighted by atomic mass is 10.1. The molecule has 0 aromatic heterocycles. The molecule has 0 fully saturated rings. The normalized spacial score (nSPS) is 14.4. The Labute approximate surface area is 167 Å². The van der Waals surface area contributed by atoms with Crippen LogP contribution >= 0.6 is 35.0 Å². The summed E-state index contributed by atoms with van der Waals surface area (Å²) in [7, 11) is 0. The van der Waals surface area contributed by atoms with Gasteiger partial charge in [0, 0.05) is 11.3 Å². The molecule has 2 aromatic rings. The van der Waals surface area contributed by atoms with Crippen LogP contribution in [0, 0.1) is 0 Å². The van der Waals surface area contributed by atoms with Crippen molar-refractivity contribution < 1.29 is 14.3 Å². The number of hydrogen-bond acceptors (Lipinski definition) is 4. The molecule has 0 saturated heterocycles. The van der Waals surface area contributed by atoms with E-state index in [9.17, 15) is 4.79 Å². The van der Waals surface area contributed by atoms with E-state index in [1.54, 1.807) is 12.1 Å². The van der Waals surface area contributed by atoms with Crippen molar-refractivity contribution >= 4 is 40.9 Å². The summed E-state index contributed by atoms with van der Waals surface area (Å²) in [5, 5.41) is 3.95. The van der Waals surface area contributed by atoms with Crippen molar-refractivity contribution in [3.63, 3.8) is 0 Å². The highest BCUT2D eigenvalue weighted by Crippen LogP contribution is 2.34. The first-order chi connectivity index (χ1) is 12.5. The standard InChI is InChI=1S/C19H19Cl2NO3S/c1-12(13-3-5-15(20)16(21)9-13)22-19(23)11-26-14-4-6-17-18(10-14)25-8-2-7-24-17/h3-6,9-10,12H,2,7-8,11H2,1H3,(H,22,23). The van der Waals surface area contributed by atoms with E-state index in [2.05, 4.69) is 5.32 Å². The number of carbonyl (C=O) groups excluding carboxylic acids is 1. The van der Waals surface area contributed by atoms with Gasteiger partial charge in [-0.2, -0.15) is 0 Å². The zero-order valence-corrected chi connectivity index (χ0v) is 16.6. The smallest absolute Gasteiger partial charge is 0.230 e. The SMILES string of the molecule is CC(NC(=O)CSc1ccc2c(c1)OCCCO2)c1ccc(Cl)c(Cl)c1. The molecule has 4 nitrogen and oxygen atoms in total. The summed E-state index contributed by atoms with van der Waals surface area (Å²) in [6, 6.07) is 11.0. The van der Waals surface area contributed by atoms with E-state index < -0.39 is 0 Å². The summed E-state index contributed by atoms with van der Waals surface area (Å²) in [5.74, 6) is 1.74. The third-order valence-electron chi connectivity index (χ3n) is 3.91. The van der Waals surface area contributed by atoms with E-state index in [0.29, 0.717) is 29.0 Å². The molecule has 138 valence electrons. The van der Waals surface area contributed by atoms with Gasteiger partial charge in [0.2, 0.25) is 5.91 Å². The Morgan fingerprint density at radius 3 is 2.65 bits per heavy atom. The Hall–Kier alpha value is -1.56. The molecule has 3 rings (SSSR count). The number of nitrogens with one attached hydrogen (secondary N) is 1. The highest BCUT2D eigenvalue weighted by atomic mass is 35.5. The molecule has 7 heteroatoms.